The van der Waals surface area contributed by atoms with Crippen LogP contribution < -0.4 is 5.30 Å². The molecule has 66 valence electrons. The average molecular weight is 201 g/mol. The highest BCUT2D eigenvalue weighted by Crippen LogP contribution is 2.24. The van der Waals surface area contributed by atoms with Crippen molar-refractivity contribution in [1.29, 1.82) is 0 Å². The van der Waals surface area contributed by atoms with E-state index in [0.29, 0.717) is 5.92 Å². The molecule has 0 amide bonds. The first kappa shape index (κ1) is 10.0. The van der Waals surface area contributed by atoms with Crippen molar-refractivity contribution in [3.8, 4) is 0 Å². The van der Waals surface area contributed by atoms with Crippen molar-refractivity contribution in [2.24, 2.45) is 0 Å². The molecule has 0 radical (unpaired) electrons. The molecule has 0 spiro atoms. The molecule has 0 aliphatic rings. The van der Waals surface area contributed by atoms with E-state index in [9.17, 15) is 0 Å². The summed E-state index contributed by atoms with van der Waals surface area (Å²) in [6.07, 6.45) is 0. The lowest BCUT2D eigenvalue weighted by Crippen LogP contribution is -2.00. The van der Waals surface area contributed by atoms with Gasteiger partial charge in [0, 0.05) is 0 Å². The molecule has 1 aromatic rings. The molecule has 0 fully saturated rings. The summed E-state index contributed by atoms with van der Waals surface area (Å²) >= 11 is 6.14. The smallest absolute Gasteiger partial charge is 0.0512 e. The van der Waals surface area contributed by atoms with E-state index >= 15 is 0 Å². The number of rotatable bonds is 1. The van der Waals surface area contributed by atoms with E-state index in [1.54, 1.807) is 0 Å². The quantitative estimate of drug-likeness (QED) is 0.611. The van der Waals surface area contributed by atoms with Gasteiger partial charge < -0.3 is 0 Å². The Morgan fingerprint density at radius 2 is 1.92 bits per heavy atom. The summed E-state index contributed by atoms with van der Waals surface area (Å²) in [4.78, 5) is 0. The molecule has 12 heavy (non-hydrogen) atoms. The normalized spacial score (nSPS) is 10.8. The highest BCUT2D eigenvalue weighted by atomic mass is 35.5. The van der Waals surface area contributed by atoms with E-state index in [-0.39, 0.29) is 0 Å². The van der Waals surface area contributed by atoms with Crippen LogP contribution in [0.25, 0.3) is 0 Å². The van der Waals surface area contributed by atoms with E-state index in [0.717, 1.165) is 10.3 Å². The van der Waals surface area contributed by atoms with Crippen LogP contribution in [0.5, 0.6) is 0 Å². The molecular weight excluding hydrogens is 187 g/mol. The monoisotopic (exact) mass is 200 g/mol. The molecule has 1 rings (SSSR count). The molecule has 1 atom stereocenters. The number of hydrogen-bond acceptors (Lipinski definition) is 0. The van der Waals surface area contributed by atoms with E-state index in [1.807, 2.05) is 0 Å². The Morgan fingerprint density at radius 3 is 2.42 bits per heavy atom. The Morgan fingerprint density at radius 1 is 1.33 bits per heavy atom. The molecule has 0 aliphatic carbocycles. The second-order valence-corrected chi connectivity index (χ2v) is 4.41. The Kier molecular flexibility index (Phi) is 3.15. The van der Waals surface area contributed by atoms with Gasteiger partial charge in [0.05, 0.1) is 5.02 Å². The number of hydrogen-bond donors (Lipinski definition) is 0. The highest BCUT2D eigenvalue weighted by Gasteiger charge is 2.07. The maximum absolute atomic E-state index is 6.14. The topological polar surface area (TPSA) is 0 Å². The van der Waals surface area contributed by atoms with Gasteiger partial charge in [0.2, 0.25) is 0 Å². The van der Waals surface area contributed by atoms with Crippen molar-refractivity contribution in [2.75, 3.05) is 0 Å². The van der Waals surface area contributed by atoms with Crippen molar-refractivity contribution in [3.05, 3.63) is 28.3 Å². The summed E-state index contributed by atoms with van der Waals surface area (Å²) in [5.74, 6) is 0.497. The minimum absolute atomic E-state index is 0.497. The first-order valence-corrected chi connectivity index (χ1v) is 5.03. The van der Waals surface area contributed by atoms with Crippen LogP contribution in [0.4, 0.5) is 0 Å². The second-order valence-electron chi connectivity index (χ2n) is 3.41. The molecule has 0 N–H and O–H groups in total. The summed E-state index contributed by atoms with van der Waals surface area (Å²) in [5, 5.41) is 1.99. The zero-order valence-electron chi connectivity index (χ0n) is 7.69. The van der Waals surface area contributed by atoms with E-state index in [2.05, 4.69) is 42.1 Å². The van der Waals surface area contributed by atoms with Gasteiger partial charge in [-0.15, -0.1) is 9.24 Å². The Bertz CT molecular complexity index is 292. The van der Waals surface area contributed by atoms with Gasteiger partial charge in [-0.1, -0.05) is 43.1 Å². The lowest BCUT2D eigenvalue weighted by molar-refractivity contribution is 0.866. The zero-order valence-corrected chi connectivity index (χ0v) is 9.60. The molecule has 0 aliphatic heterocycles. The Balaban J connectivity index is 3.28. The number of halogens is 1. The lowest BCUT2D eigenvalue weighted by Gasteiger charge is -2.11. The summed E-state index contributed by atoms with van der Waals surface area (Å²) in [7, 11) is 2.67. The summed E-state index contributed by atoms with van der Waals surface area (Å²) in [5.41, 5.74) is 2.51. The van der Waals surface area contributed by atoms with Crippen LogP contribution in [0.3, 0.4) is 0 Å². The van der Waals surface area contributed by atoms with E-state index in [1.165, 1.54) is 11.1 Å². The van der Waals surface area contributed by atoms with Crippen LogP contribution in [-0.2, 0) is 0 Å². The minimum Gasteiger partial charge on any atom is -0.104 e. The summed E-state index contributed by atoms with van der Waals surface area (Å²) < 4.78 is 0. The molecule has 0 heterocycles. The molecule has 0 bridgehead atoms. The largest absolute Gasteiger partial charge is 0.104 e. The third kappa shape index (κ3) is 2.00. The average Bonchev–Trinajstić information content (AvgIpc) is 1.96. The Hall–Kier alpha value is -0.0600. The van der Waals surface area contributed by atoms with Crippen LogP contribution >= 0.6 is 20.8 Å². The van der Waals surface area contributed by atoms with Gasteiger partial charge in [0.1, 0.15) is 0 Å². The zero-order chi connectivity index (χ0) is 9.30. The summed E-state index contributed by atoms with van der Waals surface area (Å²) in [6.45, 7) is 6.41. The maximum atomic E-state index is 6.14. The van der Waals surface area contributed by atoms with Crippen LogP contribution in [0.15, 0.2) is 12.1 Å². The third-order valence-electron chi connectivity index (χ3n) is 1.90. The van der Waals surface area contributed by atoms with Crippen LogP contribution in [0, 0.1) is 6.92 Å². The van der Waals surface area contributed by atoms with Gasteiger partial charge in [-0.2, -0.15) is 0 Å². The summed E-state index contributed by atoms with van der Waals surface area (Å²) in [6, 6.07) is 4.24. The van der Waals surface area contributed by atoms with Crippen LogP contribution in [-0.4, -0.2) is 0 Å². The maximum Gasteiger partial charge on any atom is 0.0512 e. The third-order valence-corrected chi connectivity index (χ3v) is 2.97. The molecule has 0 nitrogen and oxygen atoms in total. The molecule has 0 saturated carbocycles. The van der Waals surface area contributed by atoms with Crippen molar-refractivity contribution in [3.63, 3.8) is 0 Å². The molecule has 0 aromatic heterocycles. The molecular formula is C10H14ClP. The van der Waals surface area contributed by atoms with E-state index < -0.39 is 0 Å². The highest BCUT2D eigenvalue weighted by molar-refractivity contribution is 7.28. The minimum atomic E-state index is 0.497. The fraction of sp³-hybridized carbons (Fsp3) is 0.400. The van der Waals surface area contributed by atoms with Crippen molar-refractivity contribution >= 4 is 26.1 Å². The van der Waals surface area contributed by atoms with Gasteiger partial charge in [-0.25, -0.2) is 0 Å². The van der Waals surface area contributed by atoms with E-state index in [4.69, 9.17) is 11.6 Å². The SMILES string of the molecule is Cc1cc(P)c(Cl)c(C(C)C)c1. The van der Waals surface area contributed by atoms with Gasteiger partial charge in [0.25, 0.3) is 0 Å². The number of benzene rings is 1. The molecule has 2 heteroatoms. The predicted octanol–water partition coefficient (Wildman–Crippen LogP) is 3.27. The van der Waals surface area contributed by atoms with Crippen LogP contribution in [0.2, 0.25) is 5.02 Å². The molecule has 1 aromatic carbocycles. The first-order chi connectivity index (χ1) is 5.52. The number of aryl methyl sites for hydroxylation is 1. The Labute approximate surface area is 81.5 Å². The standard InChI is InChI=1S/C10H14ClP/c1-6(2)8-4-7(3)5-9(12)10(8)11/h4-6H,12H2,1-3H3. The van der Waals surface area contributed by atoms with Gasteiger partial charge in [-0.05, 0) is 23.7 Å². The van der Waals surface area contributed by atoms with Gasteiger partial charge >= 0.3 is 0 Å². The van der Waals surface area contributed by atoms with Gasteiger partial charge in [-0.3, -0.25) is 0 Å². The molecule has 1 unspecified atom stereocenters. The van der Waals surface area contributed by atoms with Crippen LogP contribution in [0.1, 0.15) is 30.9 Å². The van der Waals surface area contributed by atoms with Crippen molar-refractivity contribution in [2.45, 2.75) is 26.7 Å². The predicted molar refractivity (Wildman–Crippen MR) is 59.6 cm³/mol. The van der Waals surface area contributed by atoms with Crippen molar-refractivity contribution < 1.29 is 0 Å². The second kappa shape index (κ2) is 3.77. The first-order valence-electron chi connectivity index (χ1n) is 4.08. The fourth-order valence-electron chi connectivity index (χ4n) is 1.25. The fourth-order valence-corrected chi connectivity index (χ4v) is 2.00. The van der Waals surface area contributed by atoms with Gasteiger partial charge in [0.15, 0.2) is 0 Å². The van der Waals surface area contributed by atoms with Crippen molar-refractivity contribution in [1.82, 2.24) is 0 Å². The molecule has 0 saturated heterocycles. The lowest BCUT2D eigenvalue weighted by atomic mass is 10.0.